The highest BCUT2D eigenvalue weighted by molar-refractivity contribution is 5.85. The van der Waals surface area contributed by atoms with E-state index in [1.165, 1.54) is 6.42 Å². The minimum Gasteiger partial charge on any atom is -0.313 e. The highest BCUT2D eigenvalue weighted by atomic mass is 35.5. The first kappa shape index (κ1) is 17.9. The smallest absolute Gasteiger partial charge is 0.0132 e. The second-order valence-corrected chi connectivity index (χ2v) is 2.83. The van der Waals surface area contributed by atoms with Crippen LogP contribution in [0.5, 0.6) is 0 Å². The zero-order chi connectivity index (χ0) is 9.11. The van der Waals surface area contributed by atoms with Crippen molar-refractivity contribution in [3.8, 4) is 0 Å². The fourth-order valence-corrected chi connectivity index (χ4v) is 0.381. The molecular weight excluding hydrogens is 172 g/mol. The molecule has 0 aliphatic heterocycles. The summed E-state index contributed by atoms with van der Waals surface area (Å²) in [5, 5.41) is 3.17. The molecule has 0 saturated carbocycles. The Hall–Kier alpha value is -0.0500. The Bertz CT molecular complexity index is 72.2. The summed E-state index contributed by atoms with van der Waals surface area (Å²) in [6.07, 6.45) is 3.07. The Balaban J connectivity index is -0.000000142. The van der Waals surface area contributed by atoms with Gasteiger partial charge in [-0.15, -0.1) is 19.0 Å². The number of nitrogens with one attached hydrogen (secondary N) is 1. The van der Waals surface area contributed by atoms with Crippen LogP contribution in [0.2, 0.25) is 0 Å². The molecule has 0 spiro atoms. The summed E-state index contributed by atoms with van der Waals surface area (Å²) >= 11 is 0. The van der Waals surface area contributed by atoms with E-state index in [1.54, 1.807) is 0 Å². The van der Waals surface area contributed by atoms with Crippen molar-refractivity contribution in [2.45, 2.75) is 13.3 Å². The Morgan fingerprint density at radius 1 is 1.33 bits per heavy atom. The predicted octanol–water partition coefficient (Wildman–Crippen LogP) is 1.77. The van der Waals surface area contributed by atoms with Gasteiger partial charge < -0.3 is 10.2 Å². The van der Waals surface area contributed by atoms with Gasteiger partial charge in [0.25, 0.3) is 0 Å². The van der Waals surface area contributed by atoms with Crippen LogP contribution in [-0.4, -0.2) is 39.1 Å². The van der Waals surface area contributed by atoms with Crippen molar-refractivity contribution >= 4 is 12.4 Å². The van der Waals surface area contributed by atoms with E-state index in [0.29, 0.717) is 0 Å². The van der Waals surface area contributed by atoms with Gasteiger partial charge in [-0.3, -0.25) is 0 Å². The summed E-state index contributed by atoms with van der Waals surface area (Å²) in [4.78, 5) is 2.00. The second-order valence-electron chi connectivity index (χ2n) is 2.83. The summed E-state index contributed by atoms with van der Waals surface area (Å²) in [5.41, 5.74) is 0. The normalized spacial score (nSPS) is 8.08. The van der Waals surface area contributed by atoms with Crippen LogP contribution in [0.15, 0.2) is 12.7 Å². The largest absolute Gasteiger partial charge is 0.313 e. The molecule has 0 amide bonds. The van der Waals surface area contributed by atoms with Crippen molar-refractivity contribution in [2.24, 2.45) is 0 Å². The standard InChI is InChI=1S/C6H13N.C3H9N.ClH/c1-3-5-7-6-4-2;1-4(2)3;/h3,7H,1,4-6H2,2H3;1-3H3;1H. The van der Waals surface area contributed by atoms with Crippen molar-refractivity contribution in [2.75, 3.05) is 34.2 Å². The predicted molar refractivity (Wildman–Crippen MR) is 60.2 cm³/mol. The highest BCUT2D eigenvalue weighted by Gasteiger charge is 1.73. The van der Waals surface area contributed by atoms with E-state index >= 15 is 0 Å². The van der Waals surface area contributed by atoms with Gasteiger partial charge in [0, 0.05) is 6.54 Å². The summed E-state index contributed by atoms with van der Waals surface area (Å²) < 4.78 is 0. The molecule has 0 radical (unpaired) electrons. The van der Waals surface area contributed by atoms with E-state index in [-0.39, 0.29) is 12.4 Å². The lowest BCUT2D eigenvalue weighted by molar-refractivity contribution is 0.505. The molecular formula is C9H23ClN2. The first-order valence-corrected chi connectivity index (χ1v) is 4.07. The molecule has 76 valence electrons. The van der Waals surface area contributed by atoms with E-state index in [0.717, 1.165) is 13.1 Å². The zero-order valence-corrected chi connectivity index (χ0v) is 9.58. The van der Waals surface area contributed by atoms with Crippen LogP contribution in [0, 0.1) is 0 Å². The topological polar surface area (TPSA) is 15.3 Å². The highest BCUT2D eigenvalue weighted by Crippen LogP contribution is 1.67. The third-order valence-corrected chi connectivity index (χ3v) is 0.715. The van der Waals surface area contributed by atoms with E-state index in [4.69, 9.17) is 0 Å². The molecule has 0 fully saturated rings. The van der Waals surface area contributed by atoms with Gasteiger partial charge in [0.1, 0.15) is 0 Å². The molecule has 1 N–H and O–H groups in total. The average Bonchev–Trinajstić information content (AvgIpc) is 1.88. The maximum absolute atomic E-state index is 3.57. The zero-order valence-electron chi connectivity index (χ0n) is 8.76. The van der Waals surface area contributed by atoms with E-state index in [1.807, 2.05) is 32.1 Å². The number of hydrogen-bond donors (Lipinski definition) is 1. The number of hydrogen-bond acceptors (Lipinski definition) is 2. The Morgan fingerprint density at radius 2 is 1.75 bits per heavy atom. The fourth-order valence-electron chi connectivity index (χ4n) is 0.381. The van der Waals surface area contributed by atoms with Gasteiger partial charge in [-0.25, -0.2) is 0 Å². The molecule has 0 aromatic rings. The molecule has 0 unspecified atom stereocenters. The lowest BCUT2D eigenvalue weighted by Gasteiger charge is -1.93. The molecule has 0 heterocycles. The summed E-state index contributed by atoms with van der Waals surface area (Å²) in [5.74, 6) is 0. The molecule has 0 rings (SSSR count). The van der Waals surface area contributed by atoms with Crippen LogP contribution in [0.3, 0.4) is 0 Å². The van der Waals surface area contributed by atoms with Crippen molar-refractivity contribution in [3.63, 3.8) is 0 Å². The van der Waals surface area contributed by atoms with Gasteiger partial charge in [-0.05, 0) is 34.1 Å². The summed E-state index contributed by atoms with van der Waals surface area (Å²) in [6.45, 7) is 7.76. The Kier molecular flexibility index (Phi) is 25.6. The third kappa shape index (κ3) is 51.1. The van der Waals surface area contributed by atoms with Gasteiger partial charge >= 0.3 is 0 Å². The minimum absolute atomic E-state index is 0. The quantitative estimate of drug-likeness (QED) is 0.542. The van der Waals surface area contributed by atoms with Crippen molar-refractivity contribution in [1.29, 1.82) is 0 Å². The van der Waals surface area contributed by atoms with Crippen LogP contribution >= 0.6 is 12.4 Å². The molecule has 2 nitrogen and oxygen atoms in total. The van der Waals surface area contributed by atoms with Crippen molar-refractivity contribution in [3.05, 3.63) is 12.7 Å². The van der Waals surface area contributed by atoms with Crippen LogP contribution in [-0.2, 0) is 0 Å². The Morgan fingerprint density at radius 3 is 2.00 bits per heavy atom. The minimum atomic E-state index is 0. The lowest BCUT2D eigenvalue weighted by Crippen LogP contribution is -2.13. The molecule has 0 aromatic heterocycles. The van der Waals surface area contributed by atoms with Gasteiger partial charge in [0.15, 0.2) is 0 Å². The van der Waals surface area contributed by atoms with Crippen molar-refractivity contribution in [1.82, 2.24) is 10.2 Å². The van der Waals surface area contributed by atoms with E-state index < -0.39 is 0 Å². The first-order chi connectivity index (χ1) is 5.15. The number of rotatable bonds is 4. The molecule has 0 aliphatic rings. The SMILES string of the molecule is C=CCNCCC.CN(C)C.Cl. The maximum atomic E-state index is 3.57. The van der Waals surface area contributed by atoms with E-state index in [2.05, 4.69) is 18.8 Å². The van der Waals surface area contributed by atoms with Crippen LogP contribution in [0.4, 0.5) is 0 Å². The molecule has 3 heteroatoms. The number of nitrogens with zero attached hydrogens (tertiary/aromatic N) is 1. The third-order valence-electron chi connectivity index (χ3n) is 0.715. The fraction of sp³-hybridized carbons (Fsp3) is 0.778. The first-order valence-electron chi connectivity index (χ1n) is 4.07. The Labute approximate surface area is 83.4 Å². The van der Waals surface area contributed by atoms with Gasteiger partial charge in [-0.1, -0.05) is 13.0 Å². The van der Waals surface area contributed by atoms with E-state index in [9.17, 15) is 0 Å². The van der Waals surface area contributed by atoms with Gasteiger partial charge in [0.2, 0.25) is 0 Å². The summed E-state index contributed by atoms with van der Waals surface area (Å²) in [7, 11) is 6.00. The number of halogens is 1. The van der Waals surface area contributed by atoms with Crippen LogP contribution < -0.4 is 5.32 Å². The maximum Gasteiger partial charge on any atom is 0.0132 e. The van der Waals surface area contributed by atoms with Crippen LogP contribution in [0.1, 0.15) is 13.3 Å². The van der Waals surface area contributed by atoms with Crippen molar-refractivity contribution < 1.29 is 0 Å². The summed E-state index contributed by atoms with van der Waals surface area (Å²) in [6, 6.07) is 0. The molecule has 0 aliphatic carbocycles. The molecule has 0 bridgehead atoms. The van der Waals surface area contributed by atoms with Gasteiger partial charge in [0.05, 0.1) is 0 Å². The molecule has 0 aromatic carbocycles. The monoisotopic (exact) mass is 194 g/mol. The molecule has 12 heavy (non-hydrogen) atoms. The molecule has 0 atom stereocenters. The van der Waals surface area contributed by atoms with Crippen LogP contribution in [0.25, 0.3) is 0 Å². The average molecular weight is 195 g/mol. The second kappa shape index (κ2) is 17.2. The lowest BCUT2D eigenvalue weighted by atomic mass is 10.5. The molecule has 0 saturated heterocycles. The van der Waals surface area contributed by atoms with Gasteiger partial charge in [-0.2, -0.15) is 0 Å².